The van der Waals surface area contributed by atoms with E-state index in [9.17, 15) is 40.5 Å². The maximum Gasteiger partial charge on any atom is 0.251 e. The van der Waals surface area contributed by atoms with Gasteiger partial charge in [0, 0.05) is 12.6 Å². The summed E-state index contributed by atoms with van der Waals surface area (Å²) in [6.45, 7) is -1.31. The SMILES string of the molecule is CNC(=O)c1cccc(Oc2ccc([C@H]3O[C@H](CO)[C@@H](O)[C@H](O[C@H]4O[C@H](CO)[C@@H](O)[C@H](O)[C@@H]4O)[C@@H]3O)cc2)c1. The number of amides is 1. The van der Waals surface area contributed by atoms with Gasteiger partial charge in [0.2, 0.25) is 0 Å². The third kappa shape index (κ3) is 6.23. The minimum Gasteiger partial charge on any atom is -0.457 e. The fraction of sp³-hybridized carbons (Fsp3) is 0.500. The highest BCUT2D eigenvalue weighted by Gasteiger charge is 2.50. The van der Waals surface area contributed by atoms with Gasteiger partial charge in [-0.25, -0.2) is 0 Å². The van der Waals surface area contributed by atoms with Crippen LogP contribution < -0.4 is 10.1 Å². The molecule has 13 nitrogen and oxygen atoms in total. The van der Waals surface area contributed by atoms with Crippen LogP contribution in [0.5, 0.6) is 11.5 Å². The molecule has 2 heterocycles. The Morgan fingerprint density at radius 3 is 2.13 bits per heavy atom. The Balaban J connectivity index is 1.50. The van der Waals surface area contributed by atoms with E-state index in [0.29, 0.717) is 22.6 Å². The number of carbonyl (C=O) groups is 1. The molecule has 10 atom stereocenters. The molecule has 1 amide bonds. The van der Waals surface area contributed by atoms with Crippen LogP contribution >= 0.6 is 0 Å². The summed E-state index contributed by atoms with van der Waals surface area (Å²) in [7, 11) is 1.52. The molecule has 2 aromatic rings. The summed E-state index contributed by atoms with van der Waals surface area (Å²) < 4.78 is 22.5. The molecule has 0 aliphatic carbocycles. The van der Waals surface area contributed by atoms with Gasteiger partial charge in [0.05, 0.1) is 13.2 Å². The van der Waals surface area contributed by atoms with E-state index in [0.717, 1.165) is 0 Å². The van der Waals surface area contributed by atoms with E-state index >= 15 is 0 Å². The molecule has 39 heavy (non-hydrogen) atoms. The molecule has 2 aliphatic rings. The van der Waals surface area contributed by atoms with Crippen molar-refractivity contribution in [2.75, 3.05) is 20.3 Å². The van der Waals surface area contributed by atoms with Gasteiger partial charge in [-0.1, -0.05) is 18.2 Å². The van der Waals surface area contributed by atoms with Crippen LogP contribution in [0.15, 0.2) is 48.5 Å². The van der Waals surface area contributed by atoms with E-state index in [1.54, 1.807) is 48.5 Å². The first-order valence-electron chi connectivity index (χ1n) is 12.4. The number of hydrogen-bond acceptors (Lipinski definition) is 12. The zero-order valence-electron chi connectivity index (χ0n) is 21.0. The van der Waals surface area contributed by atoms with E-state index in [-0.39, 0.29) is 5.91 Å². The third-order valence-corrected chi connectivity index (χ3v) is 6.77. The lowest BCUT2D eigenvalue weighted by Crippen LogP contribution is -2.63. The Bertz CT molecular complexity index is 1100. The van der Waals surface area contributed by atoms with Crippen molar-refractivity contribution in [2.24, 2.45) is 0 Å². The summed E-state index contributed by atoms with van der Waals surface area (Å²) in [6.07, 6.45) is -14.8. The molecular weight excluding hydrogens is 518 g/mol. The predicted octanol–water partition coefficient (Wildman–Crippen LogP) is -1.82. The monoisotopic (exact) mass is 551 g/mol. The largest absolute Gasteiger partial charge is 0.457 e. The highest BCUT2D eigenvalue weighted by Crippen LogP contribution is 2.36. The number of aliphatic hydroxyl groups is 7. The van der Waals surface area contributed by atoms with Gasteiger partial charge in [-0.3, -0.25) is 4.79 Å². The summed E-state index contributed by atoms with van der Waals surface area (Å²) in [6, 6.07) is 13.0. The first kappa shape index (κ1) is 29.3. The fourth-order valence-corrected chi connectivity index (χ4v) is 4.56. The molecule has 13 heteroatoms. The smallest absolute Gasteiger partial charge is 0.251 e. The zero-order valence-corrected chi connectivity index (χ0v) is 21.0. The van der Waals surface area contributed by atoms with Crippen molar-refractivity contribution < 1.29 is 59.5 Å². The Morgan fingerprint density at radius 1 is 0.821 bits per heavy atom. The average Bonchev–Trinajstić information content (AvgIpc) is 2.95. The van der Waals surface area contributed by atoms with Gasteiger partial charge in [0.25, 0.3) is 5.91 Å². The van der Waals surface area contributed by atoms with Gasteiger partial charge in [-0.05, 0) is 35.9 Å². The number of ether oxygens (including phenoxy) is 4. The second-order valence-corrected chi connectivity index (χ2v) is 9.33. The lowest BCUT2D eigenvalue weighted by molar-refractivity contribution is -0.342. The van der Waals surface area contributed by atoms with E-state index in [1.165, 1.54) is 7.05 Å². The fourth-order valence-electron chi connectivity index (χ4n) is 4.56. The van der Waals surface area contributed by atoms with Crippen LogP contribution in [0.1, 0.15) is 22.0 Å². The number of hydrogen-bond donors (Lipinski definition) is 8. The number of carbonyl (C=O) groups excluding carboxylic acids is 1. The summed E-state index contributed by atoms with van der Waals surface area (Å²) in [5.74, 6) is 0.584. The lowest BCUT2D eigenvalue weighted by atomic mass is 9.90. The predicted molar refractivity (Wildman–Crippen MR) is 132 cm³/mol. The van der Waals surface area contributed by atoms with Crippen molar-refractivity contribution in [2.45, 2.75) is 61.2 Å². The second kappa shape index (κ2) is 12.7. The van der Waals surface area contributed by atoms with Gasteiger partial charge in [0.15, 0.2) is 6.29 Å². The molecule has 2 saturated heterocycles. The van der Waals surface area contributed by atoms with Crippen molar-refractivity contribution in [3.63, 3.8) is 0 Å². The molecule has 214 valence electrons. The molecule has 0 aromatic heterocycles. The van der Waals surface area contributed by atoms with Gasteiger partial charge in [-0.2, -0.15) is 0 Å². The third-order valence-electron chi connectivity index (χ3n) is 6.77. The van der Waals surface area contributed by atoms with Crippen molar-refractivity contribution in [1.82, 2.24) is 5.32 Å². The number of nitrogens with one attached hydrogen (secondary N) is 1. The van der Waals surface area contributed by atoms with Crippen LogP contribution in [-0.4, -0.2) is 117 Å². The Labute approximate surface area is 223 Å². The molecular formula is C26H33NO12. The summed E-state index contributed by atoms with van der Waals surface area (Å²) >= 11 is 0. The van der Waals surface area contributed by atoms with Gasteiger partial charge in [-0.15, -0.1) is 0 Å². The van der Waals surface area contributed by atoms with Crippen LogP contribution in [-0.2, 0) is 14.2 Å². The molecule has 4 rings (SSSR count). The Kier molecular flexibility index (Phi) is 9.51. The summed E-state index contributed by atoms with van der Waals surface area (Å²) in [5, 5.41) is 73.9. The minimum absolute atomic E-state index is 0.264. The maximum absolute atomic E-state index is 11.9. The first-order valence-corrected chi connectivity index (χ1v) is 12.4. The quantitative estimate of drug-likeness (QED) is 0.182. The van der Waals surface area contributed by atoms with Crippen molar-refractivity contribution in [1.29, 1.82) is 0 Å². The number of rotatable bonds is 8. The second-order valence-electron chi connectivity index (χ2n) is 9.33. The maximum atomic E-state index is 11.9. The van der Waals surface area contributed by atoms with Crippen LogP contribution in [0.3, 0.4) is 0 Å². The first-order chi connectivity index (χ1) is 18.7. The normalized spacial score (nSPS) is 34.9. The number of aliphatic hydroxyl groups excluding tert-OH is 7. The highest BCUT2D eigenvalue weighted by atomic mass is 16.7. The lowest BCUT2D eigenvalue weighted by Gasteiger charge is -2.46. The molecule has 2 fully saturated rings. The van der Waals surface area contributed by atoms with E-state index in [1.807, 2.05) is 0 Å². The van der Waals surface area contributed by atoms with Crippen molar-refractivity contribution in [3.05, 3.63) is 59.7 Å². The standard InChI is InChI=1S/C26H33NO12/c1-27-25(35)13-3-2-4-15(9-13)36-14-7-5-12(6-8-14)23-22(34)24(19(31)17(11-29)37-23)39-26-21(33)20(32)18(30)16(10-28)38-26/h2-9,16-24,26,28-34H,10-11H2,1H3,(H,27,35)/t16-,17-,18-,19-,20+,21+,22-,23-,24+,26-/m1/s1. The Hall–Kier alpha value is -2.69. The highest BCUT2D eigenvalue weighted by molar-refractivity contribution is 5.94. The minimum atomic E-state index is -1.76. The molecule has 0 radical (unpaired) electrons. The van der Waals surface area contributed by atoms with Crippen LogP contribution in [0.25, 0.3) is 0 Å². The summed E-state index contributed by atoms with van der Waals surface area (Å²) in [5.41, 5.74) is 0.867. The van der Waals surface area contributed by atoms with Crippen molar-refractivity contribution >= 4 is 5.91 Å². The van der Waals surface area contributed by atoms with Crippen LogP contribution in [0.2, 0.25) is 0 Å². The molecule has 8 N–H and O–H groups in total. The molecule has 2 aliphatic heterocycles. The molecule has 0 unspecified atom stereocenters. The summed E-state index contributed by atoms with van der Waals surface area (Å²) in [4.78, 5) is 11.9. The van der Waals surface area contributed by atoms with E-state index in [2.05, 4.69) is 5.32 Å². The average molecular weight is 552 g/mol. The molecule has 0 spiro atoms. The van der Waals surface area contributed by atoms with Crippen molar-refractivity contribution in [3.8, 4) is 11.5 Å². The topological polar surface area (TPSA) is 208 Å². The number of benzene rings is 2. The van der Waals surface area contributed by atoms with Gasteiger partial charge < -0.3 is 60.0 Å². The van der Waals surface area contributed by atoms with E-state index < -0.39 is 74.4 Å². The molecule has 0 saturated carbocycles. The molecule has 2 aromatic carbocycles. The van der Waals surface area contributed by atoms with Crippen LogP contribution in [0.4, 0.5) is 0 Å². The van der Waals surface area contributed by atoms with Gasteiger partial charge >= 0.3 is 0 Å². The molecule has 0 bridgehead atoms. The Morgan fingerprint density at radius 2 is 1.49 bits per heavy atom. The van der Waals surface area contributed by atoms with Gasteiger partial charge in [0.1, 0.15) is 66.4 Å². The van der Waals surface area contributed by atoms with E-state index in [4.69, 9.17) is 18.9 Å². The van der Waals surface area contributed by atoms with Crippen LogP contribution in [0, 0.1) is 0 Å². The zero-order chi connectivity index (χ0) is 28.3.